The average Bonchev–Trinajstić information content (AvgIpc) is 3.07. The van der Waals surface area contributed by atoms with Crippen molar-refractivity contribution in [3.63, 3.8) is 0 Å². The van der Waals surface area contributed by atoms with Gasteiger partial charge in [-0.3, -0.25) is 4.79 Å². The number of nitrogens with one attached hydrogen (secondary N) is 2. The lowest BCUT2D eigenvalue weighted by molar-refractivity contribution is -0.121. The van der Waals surface area contributed by atoms with Crippen molar-refractivity contribution in [3.8, 4) is 11.5 Å². The quantitative estimate of drug-likeness (QED) is 0.768. The van der Waals surface area contributed by atoms with Crippen molar-refractivity contribution in [2.75, 3.05) is 13.3 Å². The van der Waals surface area contributed by atoms with Gasteiger partial charge in [0, 0.05) is 16.1 Å². The normalized spacial score (nSPS) is 14.8. The molecule has 5 nitrogen and oxygen atoms in total. The first-order valence-electron chi connectivity index (χ1n) is 8.31. The van der Waals surface area contributed by atoms with Crippen LogP contribution in [0.2, 0.25) is 10.0 Å². The van der Waals surface area contributed by atoms with Gasteiger partial charge in [0.05, 0.1) is 12.6 Å². The zero-order chi connectivity index (χ0) is 18.7. The fraction of sp³-hybridized carbons (Fsp3) is 0.316. The van der Waals surface area contributed by atoms with Gasteiger partial charge in [-0.2, -0.15) is 0 Å². The molecule has 2 atom stereocenters. The molecule has 0 aliphatic carbocycles. The highest BCUT2D eigenvalue weighted by atomic mass is 35.5. The molecule has 26 heavy (non-hydrogen) atoms. The summed E-state index contributed by atoms with van der Waals surface area (Å²) >= 11 is 12.1. The molecule has 138 valence electrons. The monoisotopic (exact) mass is 394 g/mol. The van der Waals surface area contributed by atoms with E-state index in [4.69, 9.17) is 32.7 Å². The zero-order valence-electron chi connectivity index (χ0n) is 14.5. The second kappa shape index (κ2) is 8.16. The Kier molecular flexibility index (Phi) is 5.91. The number of rotatable bonds is 6. The van der Waals surface area contributed by atoms with Crippen molar-refractivity contribution in [1.82, 2.24) is 10.6 Å². The van der Waals surface area contributed by atoms with Crippen molar-refractivity contribution in [1.29, 1.82) is 0 Å². The number of fused-ring (bicyclic) bond motifs is 1. The third-order valence-corrected chi connectivity index (χ3v) is 4.83. The van der Waals surface area contributed by atoms with Crippen molar-refractivity contribution < 1.29 is 14.3 Å². The van der Waals surface area contributed by atoms with Crippen LogP contribution in [0, 0.1) is 0 Å². The highest BCUT2D eigenvalue weighted by Crippen LogP contribution is 2.34. The predicted octanol–water partition coefficient (Wildman–Crippen LogP) is 4.25. The fourth-order valence-electron chi connectivity index (χ4n) is 2.77. The Balaban J connectivity index is 1.53. The van der Waals surface area contributed by atoms with Crippen molar-refractivity contribution in [2.24, 2.45) is 0 Å². The fourth-order valence-corrected chi connectivity index (χ4v) is 3.34. The zero-order valence-corrected chi connectivity index (χ0v) is 16.0. The van der Waals surface area contributed by atoms with E-state index in [0.717, 1.165) is 16.9 Å². The Labute approximate surface area is 162 Å². The maximum atomic E-state index is 12.3. The third-order valence-electron chi connectivity index (χ3n) is 4.27. The van der Waals surface area contributed by atoms with Gasteiger partial charge < -0.3 is 20.1 Å². The van der Waals surface area contributed by atoms with E-state index in [1.54, 1.807) is 12.1 Å². The highest BCUT2D eigenvalue weighted by molar-refractivity contribution is 6.35. The van der Waals surface area contributed by atoms with Crippen LogP contribution in [0.1, 0.15) is 37.1 Å². The SMILES string of the molecule is C[C@H](NC(=O)CN[C@@H](C)c1ccc(Cl)cc1Cl)c1ccc2c(c1)OCO2. The second-order valence-electron chi connectivity index (χ2n) is 6.17. The Bertz CT molecular complexity index is 813. The highest BCUT2D eigenvalue weighted by Gasteiger charge is 2.17. The smallest absolute Gasteiger partial charge is 0.234 e. The van der Waals surface area contributed by atoms with E-state index in [9.17, 15) is 4.79 Å². The van der Waals surface area contributed by atoms with Gasteiger partial charge >= 0.3 is 0 Å². The molecule has 0 bridgehead atoms. The molecule has 0 aromatic heterocycles. The van der Waals surface area contributed by atoms with Crippen LogP contribution >= 0.6 is 23.2 Å². The molecule has 0 saturated heterocycles. The summed E-state index contributed by atoms with van der Waals surface area (Å²) in [5.74, 6) is 1.32. The van der Waals surface area contributed by atoms with Gasteiger partial charge in [0.2, 0.25) is 12.7 Å². The van der Waals surface area contributed by atoms with E-state index in [0.29, 0.717) is 15.8 Å². The van der Waals surface area contributed by atoms with Crippen LogP contribution < -0.4 is 20.1 Å². The van der Waals surface area contributed by atoms with E-state index in [1.807, 2.05) is 38.1 Å². The maximum Gasteiger partial charge on any atom is 0.234 e. The first kappa shape index (κ1) is 18.8. The molecule has 0 spiro atoms. The van der Waals surface area contributed by atoms with Crippen LogP contribution in [0.5, 0.6) is 11.5 Å². The lowest BCUT2D eigenvalue weighted by Crippen LogP contribution is -2.36. The largest absolute Gasteiger partial charge is 0.454 e. The van der Waals surface area contributed by atoms with Gasteiger partial charge in [-0.15, -0.1) is 0 Å². The minimum Gasteiger partial charge on any atom is -0.454 e. The molecular weight excluding hydrogens is 375 g/mol. The summed E-state index contributed by atoms with van der Waals surface area (Å²) in [5.41, 5.74) is 1.85. The Morgan fingerprint density at radius 2 is 1.85 bits per heavy atom. The van der Waals surface area contributed by atoms with Crippen LogP contribution in [0.25, 0.3) is 0 Å². The van der Waals surface area contributed by atoms with Crippen molar-refractivity contribution >= 4 is 29.1 Å². The van der Waals surface area contributed by atoms with Crippen LogP contribution in [0.15, 0.2) is 36.4 Å². The van der Waals surface area contributed by atoms with Crippen LogP contribution in [-0.2, 0) is 4.79 Å². The molecule has 0 saturated carbocycles. The third kappa shape index (κ3) is 4.41. The van der Waals surface area contributed by atoms with Gasteiger partial charge in [-0.1, -0.05) is 35.3 Å². The number of hydrogen-bond acceptors (Lipinski definition) is 4. The van der Waals surface area contributed by atoms with E-state index in [-0.39, 0.29) is 31.3 Å². The van der Waals surface area contributed by atoms with Gasteiger partial charge in [0.25, 0.3) is 0 Å². The standard InChI is InChI=1S/C19H20Cl2N2O3/c1-11(13-3-6-17-18(7-13)26-10-25-17)23-19(24)9-22-12(2)15-5-4-14(20)8-16(15)21/h3-8,11-12,22H,9-10H2,1-2H3,(H,23,24)/t11-,12-/m0/s1. The van der Waals surface area contributed by atoms with Crippen LogP contribution in [0.3, 0.4) is 0 Å². The molecule has 2 aromatic rings. The molecule has 2 N–H and O–H groups in total. The molecule has 0 unspecified atom stereocenters. The van der Waals surface area contributed by atoms with Crippen molar-refractivity contribution in [2.45, 2.75) is 25.9 Å². The summed E-state index contributed by atoms with van der Waals surface area (Å²) in [5, 5.41) is 7.30. The van der Waals surface area contributed by atoms with Gasteiger partial charge in [0.1, 0.15) is 0 Å². The summed E-state index contributed by atoms with van der Waals surface area (Å²) in [7, 11) is 0. The average molecular weight is 395 g/mol. The van der Waals surface area contributed by atoms with E-state index in [2.05, 4.69) is 10.6 Å². The van der Waals surface area contributed by atoms with Crippen LogP contribution in [-0.4, -0.2) is 19.2 Å². The Morgan fingerprint density at radius 3 is 2.62 bits per heavy atom. The van der Waals surface area contributed by atoms with Gasteiger partial charge in [-0.25, -0.2) is 0 Å². The summed E-state index contributed by atoms with van der Waals surface area (Å²) in [6.07, 6.45) is 0. The molecule has 7 heteroatoms. The molecule has 0 radical (unpaired) electrons. The van der Waals surface area contributed by atoms with Crippen molar-refractivity contribution in [3.05, 3.63) is 57.6 Å². The Morgan fingerprint density at radius 1 is 1.08 bits per heavy atom. The molecule has 0 fully saturated rings. The lowest BCUT2D eigenvalue weighted by Gasteiger charge is -2.18. The molecule has 1 heterocycles. The van der Waals surface area contributed by atoms with E-state index in [1.165, 1.54) is 0 Å². The summed E-state index contributed by atoms with van der Waals surface area (Å²) < 4.78 is 10.7. The molecule has 3 rings (SSSR count). The minimum atomic E-state index is -0.145. The molecule has 2 aromatic carbocycles. The summed E-state index contributed by atoms with van der Waals surface area (Å²) in [4.78, 5) is 12.3. The number of carbonyl (C=O) groups is 1. The number of amides is 1. The number of hydrogen-bond donors (Lipinski definition) is 2. The molecule has 1 aliphatic rings. The van der Waals surface area contributed by atoms with E-state index < -0.39 is 0 Å². The molecular formula is C19H20Cl2N2O3. The number of benzene rings is 2. The maximum absolute atomic E-state index is 12.3. The predicted molar refractivity (Wildman–Crippen MR) is 102 cm³/mol. The number of carbonyl (C=O) groups excluding carboxylic acids is 1. The van der Waals surface area contributed by atoms with Gasteiger partial charge in [-0.05, 0) is 49.2 Å². The molecule has 1 amide bonds. The first-order chi connectivity index (χ1) is 12.4. The minimum absolute atomic E-state index is 0.0774. The van der Waals surface area contributed by atoms with Gasteiger partial charge in [0.15, 0.2) is 11.5 Å². The summed E-state index contributed by atoms with van der Waals surface area (Å²) in [6.45, 7) is 4.28. The number of ether oxygens (including phenoxy) is 2. The lowest BCUT2D eigenvalue weighted by atomic mass is 10.1. The first-order valence-corrected chi connectivity index (χ1v) is 9.07. The second-order valence-corrected chi connectivity index (χ2v) is 7.01. The van der Waals surface area contributed by atoms with E-state index >= 15 is 0 Å². The topological polar surface area (TPSA) is 59.6 Å². The number of halogens is 2. The summed E-state index contributed by atoms with van der Waals surface area (Å²) in [6, 6.07) is 10.8. The van der Waals surface area contributed by atoms with Crippen LogP contribution in [0.4, 0.5) is 0 Å². The molecule has 1 aliphatic heterocycles. The Hall–Kier alpha value is -1.95.